The van der Waals surface area contributed by atoms with Gasteiger partial charge in [-0.2, -0.15) is 0 Å². The summed E-state index contributed by atoms with van der Waals surface area (Å²) in [6, 6.07) is 19.2. The van der Waals surface area contributed by atoms with Crippen molar-refractivity contribution in [1.82, 2.24) is 9.88 Å². The van der Waals surface area contributed by atoms with Crippen molar-refractivity contribution in [3.8, 4) is 0 Å². The van der Waals surface area contributed by atoms with Crippen molar-refractivity contribution in [2.45, 2.75) is 37.8 Å². The molecule has 1 saturated carbocycles. The van der Waals surface area contributed by atoms with Gasteiger partial charge in [0.1, 0.15) is 0 Å². The van der Waals surface area contributed by atoms with Crippen LogP contribution in [0.5, 0.6) is 0 Å². The molecule has 0 radical (unpaired) electrons. The Morgan fingerprint density at radius 1 is 1.00 bits per heavy atom. The van der Waals surface area contributed by atoms with Gasteiger partial charge >= 0.3 is 0 Å². The van der Waals surface area contributed by atoms with Gasteiger partial charge in [-0.15, -0.1) is 0 Å². The highest BCUT2D eigenvalue weighted by atomic mass is 16.2. The summed E-state index contributed by atoms with van der Waals surface area (Å²) in [5, 5.41) is 1.09. The van der Waals surface area contributed by atoms with Gasteiger partial charge < -0.3 is 4.90 Å². The van der Waals surface area contributed by atoms with Crippen LogP contribution < -0.4 is 0 Å². The third-order valence-electron chi connectivity index (χ3n) is 5.70. The van der Waals surface area contributed by atoms with E-state index < -0.39 is 0 Å². The Labute approximate surface area is 159 Å². The summed E-state index contributed by atoms with van der Waals surface area (Å²) in [5.41, 5.74) is 4.65. The second-order valence-electron chi connectivity index (χ2n) is 7.49. The van der Waals surface area contributed by atoms with E-state index in [1.165, 1.54) is 11.1 Å². The third-order valence-corrected chi connectivity index (χ3v) is 5.70. The molecule has 1 aromatic heterocycles. The van der Waals surface area contributed by atoms with E-state index in [2.05, 4.69) is 34.1 Å². The molecule has 1 unspecified atom stereocenters. The lowest BCUT2D eigenvalue weighted by Gasteiger charge is -2.29. The van der Waals surface area contributed by atoms with Crippen LogP contribution >= 0.6 is 0 Å². The number of rotatable bonds is 4. The van der Waals surface area contributed by atoms with E-state index in [0.29, 0.717) is 6.04 Å². The van der Waals surface area contributed by atoms with Crippen LogP contribution in [0, 0.1) is 0 Å². The van der Waals surface area contributed by atoms with Crippen LogP contribution in [0.1, 0.15) is 42.0 Å². The molecule has 2 aromatic carbocycles. The summed E-state index contributed by atoms with van der Waals surface area (Å²) in [6.07, 6.45) is 9.80. The van der Waals surface area contributed by atoms with Gasteiger partial charge in [-0.1, -0.05) is 48.5 Å². The second kappa shape index (κ2) is 6.66. The van der Waals surface area contributed by atoms with E-state index in [9.17, 15) is 4.79 Å². The molecule has 0 N–H and O–H groups in total. The number of amides is 1. The van der Waals surface area contributed by atoms with Gasteiger partial charge in [0, 0.05) is 29.3 Å². The molecule has 27 heavy (non-hydrogen) atoms. The molecular weight excluding hydrogens is 332 g/mol. The lowest BCUT2D eigenvalue weighted by molar-refractivity contribution is -0.129. The van der Waals surface area contributed by atoms with Crippen LogP contribution in [0.15, 0.2) is 66.9 Å². The first kappa shape index (κ1) is 16.2. The van der Waals surface area contributed by atoms with Gasteiger partial charge in [0.25, 0.3) is 0 Å². The molecule has 134 valence electrons. The molecule has 0 bridgehead atoms. The Kier molecular flexibility index (Phi) is 4.01. The van der Waals surface area contributed by atoms with Gasteiger partial charge in [-0.3, -0.25) is 9.78 Å². The summed E-state index contributed by atoms with van der Waals surface area (Å²) in [4.78, 5) is 19.8. The number of carbonyl (C=O) groups is 1. The Bertz CT molecular complexity index is 1030. The summed E-state index contributed by atoms with van der Waals surface area (Å²) in [6.45, 7) is 0. The number of carbonyl (C=O) groups excluding carboxylic acids is 1. The van der Waals surface area contributed by atoms with Crippen molar-refractivity contribution in [1.29, 1.82) is 0 Å². The molecule has 3 heteroatoms. The molecule has 0 aliphatic heterocycles. The maximum absolute atomic E-state index is 13.1. The number of nitrogens with zero attached hydrogens (tertiary/aromatic N) is 2. The molecule has 3 nitrogen and oxygen atoms in total. The van der Waals surface area contributed by atoms with E-state index in [0.717, 1.165) is 42.1 Å². The molecule has 5 rings (SSSR count). The van der Waals surface area contributed by atoms with E-state index in [-0.39, 0.29) is 11.9 Å². The molecule has 1 fully saturated rings. The van der Waals surface area contributed by atoms with Crippen molar-refractivity contribution in [2.75, 3.05) is 0 Å². The van der Waals surface area contributed by atoms with Crippen molar-refractivity contribution in [2.24, 2.45) is 0 Å². The molecule has 0 saturated heterocycles. The fourth-order valence-corrected chi connectivity index (χ4v) is 4.27. The summed E-state index contributed by atoms with van der Waals surface area (Å²) in [5.74, 6) is 0.118. The van der Waals surface area contributed by atoms with Crippen LogP contribution in [0.4, 0.5) is 0 Å². The number of para-hydroxylation sites is 1. The zero-order chi connectivity index (χ0) is 18.2. The number of fused-ring (bicyclic) bond motifs is 2. The van der Waals surface area contributed by atoms with Crippen LogP contribution in [-0.4, -0.2) is 21.8 Å². The number of pyridine rings is 1. The highest BCUT2D eigenvalue weighted by molar-refractivity contribution is 5.96. The molecule has 1 atom stereocenters. The predicted molar refractivity (Wildman–Crippen MR) is 108 cm³/mol. The monoisotopic (exact) mass is 354 g/mol. The molecule has 1 amide bonds. The first-order chi connectivity index (χ1) is 13.3. The quantitative estimate of drug-likeness (QED) is 0.623. The van der Waals surface area contributed by atoms with E-state index in [1.807, 2.05) is 36.4 Å². The average Bonchev–Trinajstić information content (AvgIpc) is 3.46. The largest absolute Gasteiger partial charge is 0.329 e. The van der Waals surface area contributed by atoms with Crippen molar-refractivity contribution < 1.29 is 4.79 Å². The molecule has 2 aliphatic carbocycles. The lowest BCUT2D eigenvalue weighted by atomic mass is 10.1. The van der Waals surface area contributed by atoms with Gasteiger partial charge in [-0.25, -0.2) is 0 Å². The first-order valence-corrected chi connectivity index (χ1v) is 9.73. The average molecular weight is 354 g/mol. The molecular formula is C24H22N2O. The SMILES string of the molecule is O=C(/C=C/c1cccc2cccnc12)N(C1CC1)C1CCc2ccccc21. The fraction of sp³-hybridized carbons (Fsp3) is 0.250. The number of benzene rings is 2. The number of aryl methyl sites for hydroxylation is 1. The summed E-state index contributed by atoms with van der Waals surface area (Å²) in [7, 11) is 0. The minimum absolute atomic E-state index is 0.118. The molecule has 1 heterocycles. The minimum atomic E-state index is 0.118. The highest BCUT2D eigenvalue weighted by Gasteiger charge is 2.39. The second-order valence-corrected chi connectivity index (χ2v) is 7.49. The van der Waals surface area contributed by atoms with E-state index in [4.69, 9.17) is 0 Å². The molecule has 3 aromatic rings. The Balaban J connectivity index is 1.44. The maximum atomic E-state index is 13.1. The third kappa shape index (κ3) is 3.03. The minimum Gasteiger partial charge on any atom is -0.329 e. The van der Waals surface area contributed by atoms with Gasteiger partial charge in [-0.05, 0) is 49.0 Å². The molecule has 0 spiro atoms. The topological polar surface area (TPSA) is 33.2 Å². The van der Waals surface area contributed by atoms with Crippen LogP contribution in [0.2, 0.25) is 0 Å². The number of hydrogen-bond donors (Lipinski definition) is 0. The molecule has 2 aliphatic rings. The standard InChI is InChI=1S/C24H22N2O/c27-23(15-11-19-7-3-6-18-8-4-16-25-24(18)19)26(20-12-13-20)22-14-10-17-5-1-2-9-21(17)22/h1-9,11,15-16,20,22H,10,12-14H2/b15-11+. The lowest BCUT2D eigenvalue weighted by Crippen LogP contribution is -2.34. The zero-order valence-corrected chi connectivity index (χ0v) is 15.2. The van der Waals surface area contributed by atoms with Crippen LogP contribution in [-0.2, 0) is 11.2 Å². The smallest absolute Gasteiger partial charge is 0.247 e. The Morgan fingerprint density at radius 2 is 1.85 bits per heavy atom. The van der Waals surface area contributed by atoms with Crippen molar-refractivity contribution in [3.63, 3.8) is 0 Å². The number of hydrogen-bond acceptors (Lipinski definition) is 2. The van der Waals surface area contributed by atoms with E-state index >= 15 is 0 Å². The van der Waals surface area contributed by atoms with Crippen LogP contribution in [0.25, 0.3) is 17.0 Å². The van der Waals surface area contributed by atoms with Gasteiger partial charge in [0.05, 0.1) is 11.6 Å². The Morgan fingerprint density at radius 3 is 2.74 bits per heavy atom. The maximum Gasteiger partial charge on any atom is 0.247 e. The normalized spacial score (nSPS) is 18.7. The Hall–Kier alpha value is -2.94. The summed E-state index contributed by atoms with van der Waals surface area (Å²) < 4.78 is 0. The van der Waals surface area contributed by atoms with E-state index in [1.54, 1.807) is 12.3 Å². The fourth-order valence-electron chi connectivity index (χ4n) is 4.27. The van der Waals surface area contributed by atoms with Crippen molar-refractivity contribution >= 4 is 22.9 Å². The van der Waals surface area contributed by atoms with Crippen LogP contribution in [0.3, 0.4) is 0 Å². The van der Waals surface area contributed by atoms with Crippen molar-refractivity contribution in [3.05, 3.63) is 83.6 Å². The first-order valence-electron chi connectivity index (χ1n) is 9.73. The van der Waals surface area contributed by atoms with Gasteiger partial charge in [0.15, 0.2) is 0 Å². The van der Waals surface area contributed by atoms with Gasteiger partial charge in [0.2, 0.25) is 5.91 Å². The highest BCUT2D eigenvalue weighted by Crippen LogP contribution is 2.41. The zero-order valence-electron chi connectivity index (χ0n) is 15.2. The summed E-state index contributed by atoms with van der Waals surface area (Å²) >= 11 is 0. The number of aromatic nitrogens is 1. The predicted octanol–water partition coefficient (Wildman–Crippen LogP) is 4.93.